The highest BCUT2D eigenvalue weighted by Crippen LogP contribution is 2.36. The third-order valence-corrected chi connectivity index (χ3v) is 5.63. The zero-order valence-corrected chi connectivity index (χ0v) is 13.0. The van der Waals surface area contributed by atoms with E-state index in [2.05, 4.69) is 11.9 Å². The second-order valence-electron chi connectivity index (χ2n) is 7.18. The Morgan fingerprint density at radius 3 is 1.95 bits per heavy atom. The van der Waals surface area contributed by atoms with Crippen molar-refractivity contribution in [1.82, 2.24) is 4.90 Å². The lowest BCUT2D eigenvalue weighted by Gasteiger charge is -2.39. The van der Waals surface area contributed by atoms with Crippen LogP contribution >= 0.6 is 0 Å². The smallest absolute Gasteiger partial charge is 0.00924 e. The van der Waals surface area contributed by atoms with Crippen molar-refractivity contribution in [1.29, 1.82) is 0 Å². The first-order valence-electron chi connectivity index (χ1n) is 8.66. The molecule has 2 fully saturated rings. The molecule has 2 rings (SSSR count). The average Bonchev–Trinajstić information content (AvgIpc) is 2.81. The molecule has 0 saturated heterocycles. The van der Waals surface area contributed by atoms with E-state index in [0.29, 0.717) is 5.41 Å². The molecule has 0 bridgehead atoms. The van der Waals surface area contributed by atoms with Gasteiger partial charge >= 0.3 is 0 Å². The third-order valence-electron chi connectivity index (χ3n) is 5.63. The van der Waals surface area contributed by atoms with E-state index in [4.69, 9.17) is 5.73 Å². The normalized spacial score (nSPS) is 26.1. The molecule has 0 aromatic carbocycles. The van der Waals surface area contributed by atoms with Gasteiger partial charge in [0.2, 0.25) is 0 Å². The van der Waals surface area contributed by atoms with Crippen molar-refractivity contribution in [3.63, 3.8) is 0 Å². The van der Waals surface area contributed by atoms with Gasteiger partial charge in [0.1, 0.15) is 0 Å². The summed E-state index contributed by atoms with van der Waals surface area (Å²) in [4.78, 5) is 2.67. The third kappa shape index (κ3) is 4.46. The number of rotatable bonds is 4. The SMILES string of the molecule is CN(CC1(CN)CCCCCC1)C1CCCCCC1. The summed E-state index contributed by atoms with van der Waals surface area (Å²) in [5, 5.41) is 0. The maximum absolute atomic E-state index is 6.19. The molecular weight excluding hydrogens is 232 g/mol. The van der Waals surface area contributed by atoms with Crippen LogP contribution in [0, 0.1) is 5.41 Å². The molecule has 0 unspecified atom stereocenters. The van der Waals surface area contributed by atoms with Gasteiger partial charge in [0.15, 0.2) is 0 Å². The molecule has 0 heterocycles. The summed E-state index contributed by atoms with van der Waals surface area (Å²) in [5.74, 6) is 0. The van der Waals surface area contributed by atoms with E-state index >= 15 is 0 Å². The lowest BCUT2D eigenvalue weighted by atomic mass is 9.79. The molecular formula is C17H34N2. The Kier molecular flexibility index (Phi) is 6.15. The molecule has 2 saturated carbocycles. The first kappa shape index (κ1) is 15.3. The lowest BCUT2D eigenvalue weighted by Crippen LogP contribution is -2.44. The molecule has 0 radical (unpaired) electrons. The van der Waals surface area contributed by atoms with Gasteiger partial charge in [-0.3, -0.25) is 0 Å². The van der Waals surface area contributed by atoms with Crippen LogP contribution in [0.2, 0.25) is 0 Å². The van der Waals surface area contributed by atoms with Crippen LogP contribution in [0.3, 0.4) is 0 Å². The summed E-state index contributed by atoms with van der Waals surface area (Å²) in [5.41, 5.74) is 6.62. The van der Waals surface area contributed by atoms with Crippen molar-refractivity contribution in [3.05, 3.63) is 0 Å². The average molecular weight is 266 g/mol. The first-order valence-corrected chi connectivity index (χ1v) is 8.66. The van der Waals surface area contributed by atoms with Crippen LogP contribution in [0.1, 0.15) is 77.0 Å². The van der Waals surface area contributed by atoms with Crippen molar-refractivity contribution in [2.45, 2.75) is 83.1 Å². The minimum atomic E-state index is 0.428. The number of nitrogens with zero attached hydrogens (tertiary/aromatic N) is 1. The van der Waals surface area contributed by atoms with Gasteiger partial charge in [0.25, 0.3) is 0 Å². The molecule has 0 spiro atoms. The number of nitrogens with two attached hydrogens (primary N) is 1. The fourth-order valence-electron chi connectivity index (χ4n) is 4.26. The van der Waals surface area contributed by atoms with Crippen molar-refractivity contribution in [2.75, 3.05) is 20.1 Å². The Morgan fingerprint density at radius 2 is 1.42 bits per heavy atom. The van der Waals surface area contributed by atoms with Crippen molar-refractivity contribution in [2.24, 2.45) is 11.1 Å². The predicted molar refractivity (Wildman–Crippen MR) is 83.3 cm³/mol. The second kappa shape index (κ2) is 7.64. The Morgan fingerprint density at radius 1 is 0.895 bits per heavy atom. The minimum absolute atomic E-state index is 0.428. The highest BCUT2D eigenvalue weighted by atomic mass is 15.1. The van der Waals surface area contributed by atoms with E-state index in [0.717, 1.165) is 12.6 Å². The molecule has 0 amide bonds. The molecule has 112 valence electrons. The highest BCUT2D eigenvalue weighted by Gasteiger charge is 2.32. The van der Waals surface area contributed by atoms with E-state index in [9.17, 15) is 0 Å². The topological polar surface area (TPSA) is 29.3 Å². The highest BCUT2D eigenvalue weighted by molar-refractivity contribution is 4.87. The Balaban J connectivity index is 1.91. The zero-order chi connectivity index (χ0) is 13.6. The molecule has 2 heteroatoms. The maximum atomic E-state index is 6.19. The summed E-state index contributed by atoms with van der Waals surface area (Å²) in [7, 11) is 2.36. The quantitative estimate of drug-likeness (QED) is 0.781. The van der Waals surface area contributed by atoms with Crippen molar-refractivity contribution < 1.29 is 0 Å². The zero-order valence-electron chi connectivity index (χ0n) is 13.0. The van der Waals surface area contributed by atoms with Gasteiger partial charge in [-0.1, -0.05) is 51.4 Å². The molecule has 2 aliphatic rings. The molecule has 0 aromatic heterocycles. The van der Waals surface area contributed by atoms with Crippen LogP contribution in [0.15, 0.2) is 0 Å². The summed E-state index contributed by atoms with van der Waals surface area (Å²) < 4.78 is 0. The van der Waals surface area contributed by atoms with Crippen LogP contribution in [0.4, 0.5) is 0 Å². The Hall–Kier alpha value is -0.0800. The lowest BCUT2D eigenvalue weighted by molar-refractivity contribution is 0.115. The van der Waals surface area contributed by atoms with Gasteiger partial charge < -0.3 is 10.6 Å². The van der Waals surface area contributed by atoms with Crippen LogP contribution in [-0.4, -0.2) is 31.1 Å². The van der Waals surface area contributed by atoms with Gasteiger partial charge in [-0.25, -0.2) is 0 Å². The number of hydrogen-bond acceptors (Lipinski definition) is 2. The van der Waals surface area contributed by atoms with Gasteiger partial charge in [-0.05, 0) is 44.7 Å². The van der Waals surface area contributed by atoms with E-state index in [1.807, 2.05) is 0 Å². The van der Waals surface area contributed by atoms with Crippen LogP contribution in [-0.2, 0) is 0 Å². The molecule has 2 nitrogen and oxygen atoms in total. The first-order chi connectivity index (χ1) is 9.26. The maximum Gasteiger partial charge on any atom is 0.00924 e. The summed E-state index contributed by atoms with van der Waals surface area (Å²) >= 11 is 0. The second-order valence-corrected chi connectivity index (χ2v) is 7.18. The minimum Gasteiger partial charge on any atom is -0.330 e. The standard InChI is InChI=1S/C17H34N2/c1-19(16-10-6-2-3-7-11-16)15-17(14-18)12-8-4-5-9-13-17/h16H,2-15,18H2,1H3. The van der Waals surface area contributed by atoms with Crippen molar-refractivity contribution in [3.8, 4) is 0 Å². The summed E-state index contributed by atoms with van der Waals surface area (Å²) in [6.45, 7) is 2.14. The number of hydrogen-bond donors (Lipinski definition) is 1. The molecule has 2 N–H and O–H groups in total. The molecule has 0 aliphatic heterocycles. The van der Waals surface area contributed by atoms with Crippen LogP contribution in [0.25, 0.3) is 0 Å². The van der Waals surface area contributed by atoms with Crippen LogP contribution in [0.5, 0.6) is 0 Å². The van der Waals surface area contributed by atoms with Gasteiger partial charge in [-0.15, -0.1) is 0 Å². The Bertz CT molecular complexity index is 236. The van der Waals surface area contributed by atoms with E-state index in [-0.39, 0.29) is 0 Å². The molecule has 0 aromatic rings. The van der Waals surface area contributed by atoms with Gasteiger partial charge in [0, 0.05) is 12.6 Å². The Labute approximate surface area is 120 Å². The van der Waals surface area contributed by atoms with Gasteiger partial charge in [-0.2, -0.15) is 0 Å². The van der Waals surface area contributed by atoms with Crippen LogP contribution < -0.4 is 5.73 Å². The van der Waals surface area contributed by atoms with Gasteiger partial charge in [0.05, 0.1) is 0 Å². The summed E-state index contributed by atoms with van der Waals surface area (Å²) in [6.07, 6.45) is 17.0. The summed E-state index contributed by atoms with van der Waals surface area (Å²) in [6, 6.07) is 0.828. The molecule has 0 atom stereocenters. The monoisotopic (exact) mass is 266 g/mol. The molecule has 19 heavy (non-hydrogen) atoms. The van der Waals surface area contributed by atoms with E-state index < -0.39 is 0 Å². The molecule has 2 aliphatic carbocycles. The fraction of sp³-hybridized carbons (Fsp3) is 1.00. The van der Waals surface area contributed by atoms with E-state index in [1.165, 1.54) is 83.6 Å². The fourth-order valence-corrected chi connectivity index (χ4v) is 4.26. The predicted octanol–water partition coefficient (Wildman–Crippen LogP) is 3.94. The largest absolute Gasteiger partial charge is 0.330 e. The van der Waals surface area contributed by atoms with Crippen molar-refractivity contribution >= 4 is 0 Å². The van der Waals surface area contributed by atoms with E-state index in [1.54, 1.807) is 0 Å².